The van der Waals surface area contributed by atoms with Crippen molar-refractivity contribution in [3.63, 3.8) is 0 Å². The first-order valence-electron chi connectivity index (χ1n) is 6.32. The zero-order valence-electron chi connectivity index (χ0n) is 11.5. The molecule has 0 bridgehead atoms. The number of carbonyl (C=O) groups excluding carboxylic acids is 3. The van der Waals surface area contributed by atoms with Crippen molar-refractivity contribution in [2.45, 2.75) is 44.8 Å². The van der Waals surface area contributed by atoms with E-state index in [0.29, 0.717) is 6.04 Å². The molecule has 19 heavy (non-hydrogen) atoms. The van der Waals surface area contributed by atoms with E-state index >= 15 is 0 Å². The Kier molecular flexibility index (Phi) is 5.75. The molecule has 3 N–H and O–H groups in total. The van der Waals surface area contributed by atoms with Crippen molar-refractivity contribution in [3.05, 3.63) is 0 Å². The van der Waals surface area contributed by atoms with Gasteiger partial charge in [-0.3, -0.25) is 9.59 Å². The molecule has 0 spiro atoms. The third kappa shape index (κ3) is 5.69. The molecule has 2 unspecified atom stereocenters. The predicted molar refractivity (Wildman–Crippen MR) is 68.3 cm³/mol. The van der Waals surface area contributed by atoms with Gasteiger partial charge < -0.3 is 20.7 Å². The molecular weight excluding hydrogens is 250 g/mol. The molecule has 2 atom stereocenters. The molecule has 0 aromatic rings. The Morgan fingerprint density at radius 3 is 2.42 bits per heavy atom. The molecule has 1 aliphatic carbocycles. The van der Waals surface area contributed by atoms with Crippen LogP contribution >= 0.6 is 0 Å². The summed E-state index contributed by atoms with van der Waals surface area (Å²) in [6.07, 6.45) is 2.05. The quantitative estimate of drug-likeness (QED) is 0.512. The molecule has 108 valence electrons. The van der Waals surface area contributed by atoms with Gasteiger partial charge in [-0.1, -0.05) is 0 Å². The summed E-state index contributed by atoms with van der Waals surface area (Å²) in [5.41, 5.74) is 0. The SMILES string of the molecule is COC(=O)C(CNC(C)C(=O)NC1CC1)NC(C)=O. The van der Waals surface area contributed by atoms with Crippen LogP contribution in [0.25, 0.3) is 0 Å². The van der Waals surface area contributed by atoms with Crippen LogP contribution in [0.3, 0.4) is 0 Å². The minimum Gasteiger partial charge on any atom is -0.467 e. The molecule has 7 heteroatoms. The third-order valence-electron chi connectivity index (χ3n) is 2.81. The van der Waals surface area contributed by atoms with Crippen molar-refractivity contribution in [3.8, 4) is 0 Å². The van der Waals surface area contributed by atoms with E-state index in [4.69, 9.17) is 0 Å². The number of hydrogen-bond donors (Lipinski definition) is 3. The number of methoxy groups -OCH3 is 1. The van der Waals surface area contributed by atoms with E-state index in [-0.39, 0.29) is 18.4 Å². The molecule has 1 aliphatic rings. The summed E-state index contributed by atoms with van der Waals surface area (Å²) in [5, 5.41) is 8.24. The summed E-state index contributed by atoms with van der Waals surface area (Å²) in [6, 6.07) is -0.927. The molecule has 0 radical (unpaired) electrons. The molecule has 0 aromatic carbocycles. The van der Waals surface area contributed by atoms with E-state index in [2.05, 4.69) is 20.7 Å². The second-order valence-electron chi connectivity index (χ2n) is 4.69. The first kappa shape index (κ1) is 15.4. The average molecular weight is 271 g/mol. The van der Waals surface area contributed by atoms with Gasteiger partial charge in [0.2, 0.25) is 11.8 Å². The second-order valence-corrected chi connectivity index (χ2v) is 4.69. The topological polar surface area (TPSA) is 96.5 Å². The number of nitrogens with one attached hydrogen (secondary N) is 3. The van der Waals surface area contributed by atoms with Crippen LogP contribution < -0.4 is 16.0 Å². The van der Waals surface area contributed by atoms with Crippen LogP contribution in [-0.2, 0) is 19.1 Å². The van der Waals surface area contributed by atoms with Crippen molar-refractivity contribution >= 4 is 17.8 Å². The maximum absolute atomic E-state index is 11.7. The highest BCUT2D eigenvalue weighted by Gasteiger charge is 2.26. The Balaban J connectivity index is 2.38. The Morgan fingerprint density at radius 1 is 1.32 bits per heavy atom. The predicted octanol–water partition coefficient (Wildman–Crippen LogP) is -1.08. The molecule has 2 amide bonds. The van der Waals surface area contributed by atoms with Crippen LogP contribution in [0.5, 0.6) is 0 Å². The van der Waals surface area contributed by atoms with E-state index in [0.717, 1.165) is 12.8 Å². The largest absolute Gasteiger partial charge is 0.467 e. The third-order valence-corrected chi connectivity index (χ3v) is 2.81. The van der Waals surface area contributed by atoms with Crippen LogP contribution in [0, 0.1) is 0 Å². The van der Waals surface area contributed by atoms with Gasteiger partial charge in [-0.15, -0.1) is 0 Å². The number of esters is 1. The number of rotatable bonds is 7. The normalized spacial score (nSPS) is 17.2. The van der Waals surface area contributed by atoms with Crippen molar-refractivity contribution in [2.75, 3.05) is 13.7 Å². The van der Waals surface area contributed by atoms with Crippen LogP contribution in [-0.4, -0.2) is 49.6 Å². The number of hydrogen-bond acceptors (Lipinski definition) is 5. The number of amides is 2. The van der Waals surface area contributed by atoms with Gasteiger partial charge in [-0.25, -0.2) is 4.79 Å². The van der Waals surface area contributed by atoms with Gasteiger partial charge in [-0.2, -0.15) is 0 Å². The number of carbonyl (C=O) groups is 3. The molecule has 7 nitrogen and oxygen atoms in total. The van der Waals surface area contributed by atoms with Gasteiger partial charge in [-0.05, 0) is 19.8 Å². The second kappa shape index (κ2) is 7.08. The summed E-state index contributed by atoms with van der Waals surface area (Å²) >= 11 is 0. The average Bonchev–Trinajstić information content (AvgIpc) is 3.16. The van der Waals surface area contributed by atoms with Crippen molar-refractivity contribution < 1.29 is 19.1 Å². The molecule has 1 rings (SSSR count). The first-order valence-corrected chi connectivity index (χ1v) is 6.32. The molecule has 0 aromatic heterocycles. The van der Waals surface area contributed by atoms with Gasteiger partial charge in [0, 0.05) is 19.5 Å². The molecule has 0 aliphatic heterocycles. The maximum atomic E-state index is 11.7. The summed E-state index contributed by atoms with van der Waals surface area (Å²) in [6.45, 7) is 3.17. The van der Waals surface area contributed by atoms with Gasteiger partial charge in [0.1, 0.15) is 6.04 Å². The van der Waals surface area contributed by atoms with Crippen molar-refractivity contribution in [2.24, 2.45) is 0 Å². The van der Waals surface area contributed by atoms with Gasteiger partial charge in [0.25, 0.3) is 0 Å². The Hall–Kier alpha value is -1.63. The highest BCUT2D eigenvalue weighted by molar-refractivity contribution is 5.84. The molecule has 1 saturated carbocycles. The molecular formula is C12H21N3O4. The zero-order valence-corrected chi connectivity index (χ0v) is 11.5. The fraction of sp³-hybridized carbons (Fsp3) is 0.750. The van der Waals surface area contributed by atoms with E-state index in [1.165, 1.54) is 14.0 Å². The van der Waals surface area contributed by atoms with Crippen LogP contribution in [0.15, 0.2) is 0 Å². The fourth-order valence-corrected chi connectivity index (χ4v) is 1.52. The molecule has 0 saturated heterocycles. The lowest BCUT2D eigenvalue weighted by Crippen LogP contribution is -2.51. The van der Waals surface area contributed by atoms with Crippen LogP contribution in [0.1, 0.15) is 26.7 Å². The summed E-state index contributed by atoms with van der Waals surface area (Å²) in [4.78, 5) is 34.1. The van der Waals surface area contributed by atoms with Gasteiger partial charge in [0.05, 0.1) is 13.2 Å². The summed E-state index contributed by atoms with van der Waals surface area (Å²) in [7, 11) is 1.25. The lowest BCUT2D eigenvalue weighted by molar-refractivity contribution is -0.144. The fourth-order valence-electron chi connectivity index (χ4n) is 1.52. The van der Waals surface area contributed by atoms with E-state index in [1.807, 2.05) is 0 Å². The van der Waals surface area contributed by atoms with Crippen LogP contribution in [0.4, 0.5) is 0 Å². The number of ether oxygens (including phenoxy) is 1. The van der Waals surface area contributed by atoms with E-state index in [9.17, 15) is 14.4 Å². The highest BCUT2D eigenvalue weighted by atomic mass is 16.5. The lowest BCUT2D eigenvalue weighted by Gasteiger charge is -2.19. The summed E-state index contributed by atoms with van der Waals surface area (Å²) < 4.78 is 4.59. The summed E-state index contributed by atoms with van der Waals surface area (Å²) in [5.74, 6) is -0.973. The molecule has 1 fully saturated rings. The Labute approximate surface area is 112 Å². The smallest absolute Gasteiger partial charge is 0.329 e. The van der Waals surface area contributed by atoms with Gasteiger partial charge in [0.15, 0.2) is 0 Å². The Morgan fingerprint density at radius 2 is 1.95 bits per heavy atom. The minimum atomic E-state index is -0.793. The van der Waals surface area contributed by atoms with Crippen molar-refractivity contribution in [1.82, 2.24) is 16.0 Å². The highest BCUT2D eigenvalue weighted by Crippen LogP contribution is 2.18. The van der Waals surface area contributed by atoms with E-state index < -0.39 is 18.1 Å². The maximum Gasteiger partial charge on any atom is 0.329 e. The monoisotopic (exact) mass is 271 g/mol. The molecule has 0 heterocycles. The van der Waals surface area contributed by atoms with Crippen molar-refractivity contribution in [1.29, 1.82) is 0 Å². The van der Waals surface area contributed by atoms with Gasteiger partial charge >= 0.3 is 5.97 Å². The Bertz CT molecular complexity index is 355. The minimum absolute atomic E-state index is 0.103. The standard InChI is InChI=1S/C12H21N3O4/c1-7(11(17)15-9-4-5-9)13-6-10(12(18)19-3)14-8(2)16/h7,9-10,13H,4-6H2,1-3H3,(H,14,16)(H,15,17). The van der Waals surface area contributed by atoms with E-state index in [1.54, 1.807) is 6.92 Å². The van der Waals surface area contributed by atoms with Crippen LogP contribution in [0.2, 0.25) is 0 Å². The lowest BCUT2D eigenvalue weighted by atomic mass is 10.2. The zero-order chi connectivity index (χ0) is 14.4. The first-order chi connectivity index (χ1) is 8.93.